The summed E-state index contributed by atoms with van der Waals surface area (Å²) in [5, 5.41) is 8.44. The first-order chi connectivity index (χ1) is 11.1. The van der Waals surface area contributed by atoms with Gasteiger partial charge in [-0.3, -0.25) is 14.7 Å². The summed E-state index contributed by atoms with van der Waals surface area (Å²) >= 11 is 1.36. The number of carbonyl (C=O) groups is 2. The zero-order chi connectivity index (χ0) is 16.2. The van der Waals surface area contributed by atoms with Crippen molar-refractivity contribution in [3.63, 3.8) is 0 Å². The van der Waals surface area contributed by atoms with Gasteiger partial charge in [0, 0.05) is 17.5 Å². The van der Waals surface area contributed by atoms with E-state index in [4.69, 9.17) is 5.73 Å². The summed E-state index contributed by atoms with van der Waals surface area (Å²) < 4.78 is 0. The van der Waals surface area contributed by atoms with E-state index < -0.39 is 11.6 Å². The smallest absolute Gasteiger partial charge is 0.265 e. The normalized spacial score (nSPS) is 10.6. The molecule has 7 nitrogen and oxygen atoms in total. The maximum Gasteiger partial charge on any atom is 0.265 e. The fraction of sp³-hybridized carbons (Fsp3) is 0.133. The molecule has 116 valence electrons. The highest BCUT2D eigenvalue weighted by atomic mass is 32.1. The van der Waals surface area contributed by atoms with E-state index >= 15 is 0 Å². The molecule has 3 rings (SSSR count). The lowest BCUT2D eigenvalue weighted by Gasteiger charge is -1.99. The van der Waals surface area contributed by atoms with Gasteiger partial charge >= 0.3 is 0 Å². The van der Waals surface area contributed by atoms with Crippen LogP contribution in [0.2, 0.25) is 0 Å². The van der Waals surface area contributed by atoms with Crippen LogP contribution < -0.4 is 5.73 Å². The second-order valence-corrected chi connectivity index (χ2v) is 5.86. The molecular formula is C15H13N5O2S. The Labute approximate surface area is 135 Å². The van der Waals surface area contributed by atoms with Gasteiger partial charge in [-0.25, -0.2) is 9.97 Å². The average molecular weight is 327 g/mol. The van der Waals surface area contributed by atoms with Crippen molar-refractivity contribution < 1.29 is 9.59 Å². The van der Waals surface area contributed by atoms with Crippen LogP contribution >= 0.6 is 11.3 Å². The van der Waals surface area contributed by atoms with Crippen LogP contribution in [0, 0.1) is 0 Å². The second-order valence-electron chi connectivity index (χ2n) is 4.91. The number of nitrogens with zero attached hydrogens (tertiary/aromatic N) is 3. The van der Waals surface area contributed by atoms with Crippen LogP contribution in [-0.2, 0) is 17.6 Å². The number of nitrogens with two attached hydrogens (primary N) is 1. The average Bonchev–Trinajstić information content (AvgIpc) is 3.21. The molecule has 0 aliphatic carbocycles. The van der Waals surface area contributed by atoms with Crippen molar-refractivity contribution in [3.05, 3.63) is 58.1 Å². The number of aromatic nitrogens is 4. The predicted molar refractivity (Wildman–Crippen MR) is 85.2 cm³/mol. The summed E-state index contributed by atoms with van der Waals surface area (Å²) in [7, 11) is 0. The van der Waals surface area contributed by atoms with E-state index in [0.29, 0.717) is 17.1 Å². The molecule has 23 heavy (non-hydrogen) atoms. The standard InChI is InChI=1S/C15H13N5O2S/c16-10-3-1-9(2-4-10)5-11-7-23-13(19-11)6-12(21)14(22)15-17-8-18-20-15/h1-4,7-8H,5-6,16H2,(H,17,18,20). The zero-order valence-electron chi connectivity index (χ0n) is 12.0. The Morgan fingerprint density at radius 3 is 2.70 bits per heavy atom. The minimum absolute atomic E-state index is 0.0358. The Morgan fingerprint density at radius 1 is 1.22 bits per heavy atom. The fourth-order valence-electron chi connectivity index (χ4n) is 2.02. The van der Waals surface area contributed by atoms with Gasteiger partial charge in [-0.2, -0.15) is 5.10 Å². The largest absolute Gasteiger partial charge is 0.399 e. The number of nitrogens with one attached hydrogen (secondary N) is 1. The van der Waals surface area contributed by atoms with Gasteiger partial charge in [-0.15, -0.1) is 11.3 Å². The van der Waals surface area contributed by atoms with Crippen molar-refractivity contribution in [2.24, 2.45) is 0 Å². The molecule has 0 saturated carbocycles. The molecule has 2 aromatic heterocycles. The summed E-state index contributed by atoms with van der Waals surface area (Å²) in [6, 6.07) is 7.55. The van der Waals surface area contributed by atoms with Crippen LogP contribution in [0.25, 0.3) is 0 Å². The molecule has 1 aromatic carbocycles. The van der Waals surface area contributed by atoms with E-state index in [1.54, 1.807) is 0 Å². The van der Waals surface area contributed by atoms with Gasteiger partial charge in [-0.05, 0) is 17.7 Å². The monoisotopic (exact) mass is 327 g/mol. The van der Waals surface area contributed by atoms with Gasteiger partial charge in [0.15, 0.2) is 5.82 Å². The second kappa shape index (κ2) is 6.49. The van der Waals surface area contributed by atoms with Crippen LogP contribution in [0.3, 0.4) is 0 Å². The van der Waals surface area contributed by atoms with Gasteiger partial charge in [0.2, 0.25) is 5.78 Å². The van der Waals surface area contributed by atoms with Crippen LogP contribution in [0.15, 0.2) is 36.0 Å². The highest BCUT2D eigenvalue weighted by Gasteiger charge is 2.20. The first-order valence-electron chi connectivity index (χ1n) is 6.82. The predicted octanol–water partition coefficient (Wildman–Crippen LogP) is 1.43. The molecule has 0 aliphatic rings. The van der Waals surface area contributed by atoms with Crippen molar-refractivity contribution in [3.8, 4) is 0 Å². The van der Waals surface area contributed by atoms with Crippen LogP contribution in [0.1, 0.15) is 26.9 Å². The van der Waals surface area contributed by atoms with Crippen molar-refractivity contribution in [2.75, 3.05) is 5.73 Å². The molecule has 2 heterocycles. The molecule has 0 spiro atoms. The first-order valence-corrected chi connectivity index (χ1v) is 7.70. The van der Waals surface area contributed by atoms with Crippen LogP contribution in [-0.4, -0.2) is 31.7 Å². The van der Waals surface area contributed by atoms with Crippen molar-refractivity contribution in [1.82, 2.24) is 20.2 Å². The number of thiazole rings is 1. The number of aromatic amines is 1. The highest BCUT2D eigenvalue weighted by molar-refractivity contribution is 7.09. The summed E-state index contributed by atoms with van der Waals surface area (Å²) in [6.07, 6.45) is 1.81. The molecule has 0 aliphatic heterocycles. The lowest BCUT2D eigenvalue weighted by atomic mass is 10.1. The molecule has 0 unspecified atom stereocenters. The van der Waals surface area contributed by atoms with Crippen molar-refractivity contribution >= 4 is 28.6 Å². The topological polar surface area (TPSA) is 115 Å². The lowest BCUT2D eigenvalue weighted by Crippen LogP contribution is -2.18. The molecule has 0 fully saturated rings. The minimum Gasteiger partial charge on any atom is -0.399 e. The molecule has 3 N–H and O–H groups in total. The van der Waals surface area contributed by atoms with E-state index in [-0.39, 0.29) is 12.2 Å². The number of H-pyrrole nitrogens is 1. The third kappa shape index (κ3) is 3.67. The van der Waals surface area contributed by atoms with Gasteiger partial charge in [0.25, 0.3) is 5.78 Å². The lowest BCUT2D eigenvalue weighted by molar-refractivity contribution is -0.114. The minimum atomic E-state index is -0.683. The molecule has 0 amide bonds. The quantitative estimate of drug-likeness (QED) is 0.402. The highest BCUT2D eigenvalue weighted by Crippen LogP contribution is 2.16. The number of hydrogen-bond acceptors (Lipinski definition) is 7. The Kier molecular flexibility index (Phi) is 4.24. The van der Waals surface area contributed by atoms with Gasteiger partial charge in [-0.1, -0.05) is 12.1 Å². The van der Waals surface area contributed by atoms with E-state index in [1.165, 1.54) is 17.7 Å². The van der Waals surface area contributed by atoms with Crippen LogP contribution in [0.5, 0.6) is 0 Å². The van der Waals surface area contributed by atoms with Crippen molar-refractivity contribution in [1.29, 1.82) is 0 Å². The summed E-state index contributed by atoms with van der Waals surface area (Å²) in [5.74, 6) is -1.29. The van der Waals surface area contributed by atoms with E-state index in [9.17, 15) is 9.59 Å². The molecular weight excluding hydrogens is 314 g/mol. The zero-order valence-corrected chi connectivity index (χ0v) is 12.8. The maximum absolute atomic E-state index is 11.9. The Hall–Kier alpha value is -2.87. The third-order valence-corrected chi connectivity index (χ3v) is 4.06. The SMILES string of the molecule is Nc1ccc(Cc2csc(CC(=O)C(=O)c3ncn[nH]3)n2)cc1. The Bertz CT molecular complexity index is 824. The molecule has 0 bridgehead atoms. The summed E-state index contributed by atoms with van der Waals surface area (Å²) in [6.45, 7) is 0. The maximum atomic E-state index is 11.9. The Balaban J connectivity index is 1.64. The van der Waals surface area contributed by atoms with Crippen LogP contribution in [0.4, 0.5) is 5.69 Å². The molecule has 0 radical (unpaired) electrons. The van der Waals surface area contributed by atoms with Crippen molar-refractivity contribution in [2.45, 2.75) is 12.8 Å². The summed E-state index contributed by atoms with van der Waals surface area (Å²) in [5.41, 5.74) is 8.30. The third-order valence-electron chi connectivity index (χ3n) is 3.16. The number of carbonyl (C=O) groups excluding carboxylic acids is 2. The number of anilines is 1. The van der Waals surface area contributed by atoms with E-state index in [0.717, 1.165) is 11.3 Å². The van der Waals surface area contributed by atoms with E-state index in [2.05, 4.69) is 20.2 Å². The molecule has 0 atom stereocenters. The summed E-state index contributed by atoms with van der Waals surface area (Å²) in [4.78, 5) is 31.8. The number of ketones is 2. The number of nitrogen functional groups attached to an aromatic ring is 1. The first kappa shape index (κ1) is 15.0. The molecule has 8 heteroatoms. The Morgan fingerprint density at radius 2 is 2.00 bits per heavy atom. The number of Topliss-reactive ketones (excluding diaryl/α,β-unsaturated/α-hetero) is 2. The molecule has 3 aromatic rings. The van der Waals surface area contributed by atoms with Gasteiger partial charge in [0.1, 0.15) is 11.3 Å². The number of rotatable bonds is 6. The number of hydrogen-bond donors (Lipinski definition) is 2. The molecule has 0 saturated heterocycles. The fourth-order valence-corrected chi connectivity index (χ4v) is 2.81. The van der Waals surface area contributed by atoms with E-state index in [1.807, 2.05) is 29.6 Å². The van der Waals surface area contributed by atoms with Gasteiger partial charge < -0.3 is 5.73 Å². The number of benzene rings is 1. The van der Waals surface area contributed by atoms with Gasteiger partial charge in [0.05, 0.1) is 12.1 Å².